The number of nitrogens with one attached hydrogen (secondary N) is 1. The lowest BCUT2D eigenvalue weighted by Crippen LogP contribution is -2.46. The second-order valence-electron chi connectivity index (χ2n) is 7.00. The molecule has 0 unspecified atom stereocenters. The third kappa shape index (κ3) is 4.09. The number of nitrogens with two attached hydrogens (primary N) is 1. The van der Waals surface area contributed by atoms with Crippen LogP contribution in [-0.2, 0) is 4.74 Å². The Morgan fingerprint density at radius 2 is 1.84 bits per heavy atom. The van der Waals surface area contributed by atoms with Gasteiger partial charge in [-0.15, -0.1) is 0 Å². The minimum absolute atomic E-state index is 0.0331. The number of ether oxygens (including phenoxy) is 1. The molecule has 3 N–H and O–H groups in total. The predicted octanol–water partition coefficient (Wildman–Crippen LogP) is 2.33. The zero-order valence-electron chi connectivity index (χ0n) is 14.8. The second-order valence-corrected chi connectivity index (χ2v) is 7.00. The molecule has 9 nitrogen and oxygen atoms in total. The van der Waals surface area contributed by atoms with E-state index in [0.717, 1.165) is 12.8 Å². The lowest BCUT2D eigenvalue weighted by atomic mass is 9.96. The number of rotatable bonds is 4. The fourth-order valence-electron chi connectivity index (χ4n) is 3.70. The van der Waals surface area contributed by atoms with E-state index in [2.05, 4.69) is 15.3 Å². The highest BCUT2D eigenvalue weighted by molar-refractivity contribution is 5.71. The van der Waals surface area contributed by atoms with Gasteiger partial charge in [-0.1, -0.05) is 19.3 Å². The molecule has 2 heterocycles. The maximum atomic E-state index is 11.5. The molecule has 1 aromatic heterocycles. The molecule has 1 saturated carbocycles. The molecule has 0 spiro atoms. The Kier molecular flexibility index (Phi) is 5.22. The maximum absolute atomic E-state index is 11.5. The van der Waals surface area contributed by atoms with Gasteiger partial charge in [0.15, 0.2) is 0 Å². The van der Waals surface area contributed by atoms with E-state index in [9.17, 15) is 10.1 Å². The first-order chi connectivity index (χ1) is 11.9. The summed E-state index contributed by atoms with van der Waals surface area (Å²) in [7, 11) is 0. The smallest absolute Gasteiger partial charge is 0.353 e. The summed E-state index contributed by atoms with van der Waals surface area (Å²) >= 11 is 0. The van der Waals surface area contributed by atoms with Crippen LogP contribution in [0.25, 0.3) is 0 Å². The fourth-order valence-corrected chi connectivity index (χ4v) is 3.70. The molecule has 1 saturated heterocycles. The van der Waals surface area contributed by atoms with Gasteiger partial charge in [-0.3, -0.25) is 10.1 Å². The highest BCUT2D eigenvalue weighted by Crippen LogP contribution is 2.34. The van der Waals surface area contributed by atoms with E-state index in [4.69, 9.17) is 10.5 Å². The van der Waals surface area contributed by atoms with Crippen LogP contribution < -0.4 is 16.0 Å². The van der Waals surface area contributed by atoms with Crippen LogP contribution in [0.1, 0.15) is 46.0 Å². The first-order valence-corrected chi connectivity index (χ1v) is 8.93. The van der Waals surface area contributed by atoms with Crippen LogP contribution in [0.3, 0.4) is 0 Å². The molecule has 2 fully saturated rings. The van der Waals surface area contributed by atoms with Crippen molar-refractivity contribution in [3.63, 3.8) is 0 Å². The van der Waals surface area contributed by atoms with Gasteiger partial charge in [-0.2, -0.15) is 9.97 Å². The van der Waals surface area contributed by atoms with Crippen molar-refractivity contribution in [2.45, 2.75) is 64.2 Å². The predicted molar refractivity (Wildman–Crippen MR) is 95.8 cm³/mol. The summed E-state index contributed by atoms with van der Waals surface area (Å²) in [6.45, 7) is 4.95. The van der Waals surface area contributed by atoms with E-state index in [-0.39, 0.29) is 29.5 Å². The lowest BCUT2D eigenvalue weighted by Gasteiger charge is -2.35. The topological polar surface area (TPSA) is 119 Å². The van der Waals surface area contributed by atoms with E-state index in [0.29, 0.717) is 25.1 Å². The minimum atomic E-state index is -0.500. The van der Waals surface area contributed by atoms with E-state index in [1.807, 2.05) is 18.7 Å². The van der Waals surface area contributed by atoms with E-state index in [1.54, 1.807) is 0 Å². The quantitative estimate of drug-likeness (QED) is 0.627. The van der Waals surface area contributed by atoms with Crippen LogP contribution >= 0.6 is 0 Å². The Morgan fingerprint density at radius 3 is 2.44 bits per heavy atom. The number of anilines is 3. The van der Waals surface area contributed by atoms with Gasteiger partial charge in [0.05, 0.1) is 17.1 Å². The monoisotopic (exact) mass is 350 g/mol. The molecular weight excluding hydrogens is 324 g/mol. The summed E-state index contributed by atoms with van der Waals surface area (Å²) in [5.74, 6) is 0.551. The SMILES string of the molecule is C[C@@H]1CN(c2nc(NC3CCCCC3)nc(N)c2[N+](=O)[O-])C[C@H](C)O1. The van der Waals surface area contributed by atoms with Gasteiger partial charge in [-0.25, -0.2) is 0 Å². The summed E-state index contributed by atoms with van der Waals surface area (Å²) in [6, 6.07) is 0.296. The van der Waals surface area contributed by atoms with Gasteiger partial charge in [-0.05, 0) is 26.7 Å². The van der Waals surface area contributed by atoms with Gasteiger partial charge >= 0.3 is 5.69 Å². The van der Waals surface area contributed by atoms with Crippen LogP contribution in [0.4, 0.5) is 23.3 Å². The average molecular weight is 350 g/mol. The van der Waals surface area contributed by atoms with Gasteiger partial charge in [0.25, 0.3) is 0 Å². The van der Waals surface area contributed by atoms with Gasteiger partial charge in [0, 0.05) is 19.1 Å². The molecule has 0 radical (unpaired) electrons. The minimum Gasteiger partial charge on any atom is -0.378 e. The third-order valence-electron chi connectivity index (χ3n) is 4.73. The molecule has 25 heavy (non-hydrogen) atoms. The number of nitrogen functional groups attached to an aromatic ring is 1. The van der Waals surface area contributed by atoms with Gasteiger partial charge in [0.2, 0.25) is 17.6 Å². The fraction of sp³-hybridized carbons (Fsp3) is 0.750. The zero-order valence-corrected chi connectivity index (χ0v) is 14.8. The molecule has 3 rings (SSSR count). The van der Waals surface area contributed by atoms with E-state index in [1.165, 1.54) is 19.3 Å². The Morgan fingerprint density at radius 1 is 1.20 bits per heavy atom. The van der Waals surface area contributed by atoms with Crippen LogP contribution in [0.2, 0.25) is 0 Å². The average Bonchev–Trinajstić information content (AvgIpc) is 2.54. The highest BCUT2D eigenvalue weighted by atomic mass is 16.6. The Hall–Kier alpha value is -2.16. The van der Waals surface area contributed by atoms with Crippen molar-refractivity contribution in [3.05, 3.63) is 10.1 Å². The zero-order chi connectivity index (χ0) is 18.0. The molecule has 2 atom stereocenters. The van der Waals surface area contributed by atoms with E-state index >= 15 is 0 Å². The maximum Gasteiger partial charge on any atom is 0.353 e. The number of nitro groups is 1. The Balaban J connectivity index is 1.91. The molecule has 1 aliphatic carbocycles. The van der Waals surface area contributed by atoms with Crippen molar-refractivity contribution in [1.29, 1.82) is 0 Å². The van der Waals surface area contributed by atoms with Crippen molar-refractivity contribution < 1.29 is 9.66 Å². The summed E-state index contributed by atoms with van der Waals surface area (Å²) in [6.07, 6.45) is 5.64. The van der Waals surface area contributed by atoms with Crippen molar-refractivity contribution in [2.75, 3.05) is 29.0 Å². The van der Waals surface area contributed by atoms with Crippen LogP contribution in [0.5, 0.6) is 0 Å². The number of aromatic nitrogens is 2. The molecule has 0 amide bonds. The molecule has 2 aliphatic rings. The number of hydrogen-bond acceptors (Lipinski definition) is 8. The van der Waals surface area contributed by atoms with Crippen LogP contribution in [-0.4, -0.2) is 46.2 Å². The summed E-state index contributed by atoms with van der Waals surface area (Å²) in [4.78, 5) is 21.5. The summed E-state index contributed by atoms with van der Waals surface area (Å²) < 4.78 is 5.72. The molecule has 0 aromatic carbocycles. The van der Waals surface area contributed by atoms with E-state index < -0.39 is 4.92 Å². The largest absolute Gasteiger partial charge is 0.378 e. The molecular formula is C16H26N6O3. The van der Waals surface area contributed by atoms with Crippen molar-refractivity contribution in [3.8, 4) is 0 Å². The molecule has 0 bridgehead atoms. The van der Waals surface area contributed by atoms with Crippen LogP contribution in [0.15, 0.2) is 0 Å². The summed E-state index contributed by atoms with van der Waals surface area (Å²) in [5, 5.41) is 14.8. The van der Waals surface area contributed by atoms with Crippen molar-refractivity contribution in [2.24, 2.45) is 0 Å². The first kappa shape index (κ1) is 17.7. The third-order valence-corrected chi connectivity index (χ3v) is 4.73. The molecule has 9 heteroatoms. The molecule has 1 aliphatic heterocycles. The molecule has 1 aromatic rings. The van der Waals surface area contributed by atoms with Crippen LogP contribution in [0, 0.1) is 10.1 Å². The summed E-state index contributed by atoms with van der Waals surface area (Å²) in [5.41, 5.74) is 5.69. The molecule has 138 valence electrons. The number of hydrogen-bond donors (Lipinski definition) is 2. The van der Waals surface area contributed by atoms with Crippen molar-refractivity contribution in [1.82, 2.24) is 9.97 Å². The lowest BCUT2D eigenvalue weighted by molar-refractivity contribution is -0.383. The van der Waals surface area contributed by atoms with Crippen molar-refractivity contribution >= 4 is 23.3 Å². The standard InChI is InChI=1S/C16H26N6O3/c1-10-8-21(9-11(2)25-10)15-13(22(23)24)14(17)19-16(20-15)18-12-6-4-3-5-7-12/h10-12H,3-9H2,1-2H3,(H3,17,18,19,20)/t10-,11+. The first-order valence-electron chi connectivity index (χ1n) is 8.93. The second kappa shape index (κ2) is 7.38. The number of nitrogens with zero attached hydrogens (tertiary/aromatic N) is 4. The number of morpholine rings is 1. The normalized spacial score (nSPS) is 25.0. The Bertz CT molecular complexity index is 625. The van der Waals surface area contributed by atoms with Gasteiger partial charge in [0.1, 0.15) is 0 Å². The Labute approximate surface area is 147 Å². The van der Waals surface area contributed by atoms with Gasteiger partial charge < -0.3 is 20.7 Å². The highest BCUT2D eigenvalue weighted by Gasteiger charge is 2.32.